The van der Waals surface area contributed by atoms with Gasteiger partial charge in [-0.3, -0.25) is 0 Å². The van der Waals surface area contributed by atoms with Crippen molar-refractivity contribution in [3.05, 3.63) is 247 Å². The molecule has 0 saturated carbocycles. The van der Waals surface area contributed by atoms with Gasteiger partial charge in [0.15, 0.2) is 17.5 Å². The second-order valence-electron chi connectivity index (χ2n) is 18.2. The van der Waals surface area contributed by atoms with Gasteiger partial charge < -0.3 is 4.42 Å². The van der Waals surface area contributed by atoms with Crippen LogP contribution in [0, 0.1) is 0 Å². The van der Waals surface area contributed by atoms with Crippen molar-refractivity contribution in [1.82, 2.24) is 15.0 Å². The summed E-state index contributed by atoms with van der Waals surface area (Å²) >= 11 is 1.81. The van der Waals surface area contributed by atoms with E-state index in [0.29, 0.717) is 17.5 Å². The number of benzene rings is 10. The Morgan fingerprint density at radius 1 is 0.304 bits per heavy atom. The lowest BCUT2D eigenvalue weighted by Gasteiger charge is -2.30. The number of nitrogens with zero attached hydrogens (tertiary/aromatic N) is 3. The molecule has 0 bridgehead atoms. The van der Waals surface area contributed by atoms with Crippen LogP contribution in [0.3, 0.4) is 0 Å². The summed E-state index contributed by atoms with van der Waals surface area (Å²) in [6.45, 7) is 0. The lowest BCUT2D eigenvalue weighted by Crippen LogP contribution is -2.25. The van der Waals surface area contributed by atoms with Gasteiger partial charge in [0.2, 0.25) is 0 Å². The van der Waals surface area contributed by atoms with E-state index in [-0.39, 0.29) is 5.41 Å². The zero-order chi connectivity index (χ0) is 45.2. The lowest BCUT2D eigenvalue weighted by atomic mass is 9.70. The van der Waals surface area contributed by atoms with Crippen molar-refractivity contribution in [1.29, 1.82) is 0 Å². The maximum atomic E-state index is 6.56. The van der Waals surface area contributed by atoms with Crippen LogP contribution in [0.25, 0.3) is 121 Å². The van der Waals surface area contributed by atoms with Crippen molar-refractivity contribution < 1.29 is 4.42 Å². The highest BCUT2D eigenvalue weighted by atomic mass is 32.1. The number of hydrogen-bond acceptors (Lipinski definition) is 5. The predicted octanol–water partition coefficient (Wildman–Crippen LogP) is 16.8. The number of furan rings is 1. The van der Waals surface area contributed by atoms with Gasteiger partial charge in [-0.2, -0.15) is 0 Å². The molecule has 0 saturated heterocycles. The Morgan fingerprint density at radius 3 is 1.57 bits per heavy atom. The van der Waals surface area contributed by atoms with Crippen LogP contribution in [0.1, 0.15) is 22.3 Å². The van der Waals surface area contributed by atoms with Gasteiger partial charge in [0.25, 0.3) is 0 Å². The van der Waals surface area contributed by atoms with E-state index >= 15 is 0 Å². The third-order valence-corrected chi connectivity index (χ3v) is 15.7. The van der Waals surface area contributed by atoms with Gasteiger partial charge in [-0.25, -0.2) is 15.0 Å². The van der Waals surface area contributed by atoms with Crippen molar-refractivity contribution >= 4 is 53.4 Å². The average Bonchev–Trinajstić information content (AvgIpc) is 4.16. The van der Waals surface area contributed by atoms with Crippen LogP contribution >= 0.6 is 11.3 Å². The number of rotatable bonds is 5. The van der Waals surface area contributed by atoms with Crippen LogP contribution < -0.4 is 0 Å². The highest BCUT2D eigenvalue weighted by molar-refractivity contribution is 7.25. The highest BCUT2D eigenvalue weighted by Gasteiger charge is 2.51. The Bertz CT molecular complexity index is 4220. The molecule has 0 N–H and O–H groups in total. The summed E-state index contributed by atoms with van der Waals surface area (Å²) in [5.41, 5.74) is 19.3. The monoisotopic (exact) mass is 895 g/mol. The molecule has 1 spiro atoms. The van der Waals surface area contributed by atoms with Crippen molar-refractivity contribution in [3.8, 4) is 78.7 Å². The lowest BCUT2D eigenvalue weighted by molar-refractivity contribution is 0.669. The molecule has 0 unspecified atom stereocenters. The molecule has 4 nitrogen and oxygen atoms in total. The summed E-state index contributed by atoms with van der Waals surface area (Å²) in [5, 5.41) is 4.43. The molecule has 3 aromatic heterocycles. The molecular weight excluding hydrogens is 859 g/mol. The van der Waals surface area contributed by atoms with Crippen LogP contribution in [0.4, 0.5) is 0 Å². The molecule has 0 aliphatic heterocycles. The number of hydrogen-bond donors (Lipinski definition) is 0. The van der Waals surface area contributed by atoms with E-state index < -0.39 is 0 Å². The van der Waals surface area contributed by atoms with Crippen LogP contribution in [0.5, 0.6) is 0 Å². The number of aromatic nitrogens is 3. The van der Waals surface area contributed by atoms with Gasteiger partial charge in [0.05, 0.1) is 5.41 Å². The molecule has 0 amide bonds. The minimum atomic E-state index is -0.345. The molecule has 0 radical (unpaired) electrons. The van der Waals surface area contributed by atoms with E-state index in [4.69, 9.17) is 19.4 Å². The molecule has 2 aliphatic carbocycles. The van der Waals surface area contributed by atoms with E-state index in [0.717, 1.165) is 49.8 Å². The first kappa shape index (κ1) is 38.3. The molecule has 320 valence electrons. The maximum absolute atomic E-state index is 6.56. The number of thiophene rings is 1. The van der Waals surface area contributed by atoms with Crippen molar-refractivity contribution in [2.24, 2.45) is 0 Å². The van der Waals surface area contributed by atoms with Gasteiger partial charge >= 0.3 is 0 Å². The van der Waals surface area contributed by atoms with E-state index in [1.165, 1.54) is 75.8 Å². The molecule has 69 heavy (non-hydrogen) atoms. The minimum absolute atomic E-state index is 0.345. The molecule has 0 fully saturated rings. The third-order valence-electron chi connectivity index (χ3n) is 14.6. The summed E-state index contributed by atoms with van der Waals surface area (Å²) < 4.78 is 9.06. The van der Waals surface area contributed by atoms with Gasteiger partial charge in [0.1, 0.15) is 11.2 Å². The predicted molar refractivity (Wildman–Crippen MR) is 283 cm³/mol. The normalized spacial score (nSPS) is 13.0. The first-order valence-corrected chi connectivity index (χ1v) is 24.2. The van der Waals surface area contributed by atoms with Crippen LogP contribution in [0.2, 0.25) is 0 Å². The molecule has 3 heterocycles. The smallest absolute Gasteiger partial charge is 0.164 e. The average molecular weight is 896 g/mol. The van der Waals surface area contributed by atoms with Crippen molar-refractivity contribution in [2.45, 2.75) is 5.41 Å². The van der Waals surface area contributed by atoms with Gasteiger partial charge in [-0.05, 0) is 115 Å². The molecule has 10 aromatic carbocycles. The molecule has 0 atom stereocenters. The fourth-order valence-corrected chi connectivity index (χ4v) is 12.6. The quantitative estimate of drug-likeness (QED) is 0.173. The minimum Gasteiger partial charge on any atom is -0.456 e. The molecule has 2 aliphatic rings. The zero-order valence-electron chi connectivity index (χ0n) is 37.0. The summed E-state index contributed by atoms with van der Waals surface area (Å²) in [7, 11) is 0. The zero-order valence-corrected chi connectivity index (χ0v) is 37.8. The fourth-order valence-electron chi connectivity index (χ4n) is 11.5. The summed E-state index contributed by atoms with van der Waals surface area (Å²) in [6, 6.07) is 81.0. The van der Waals surface area contributed by atoms with E-state index in [1.807, 2.05) is 30.3 Å². The van der Waals surface area contributed by atoms with Crippen molar-refractivity contribution in [3.63, 3.8) is 0 Å². The Morgan fingerprint density at radius 2 is 0.826 bits per heavy atom. The topological polar surface area (TPSA) is 51.8 Å². The van der Waals surface area contributed by atoms with Gasteiger partial charge in [-0.1, -0.05) is 176 Å². The summed E-state index contributed by atoms with van der Waals surface area (Å²) in [5.74, 6) is 1.85. The van der Waals surface area contributed by atoms with Crippen molar-refractivity contribution in [2.75, 3.05) is 0 Å². The van der Waals surface area contributed by atoms with E-state index in [9.17, 15) is 0 Å². The second-order valence-corrected chi connectivity index (χ2v) is 19.3. The number of fused-ring (bicyclic) bond motifs is 16. The first-order valence-electron chi connectivity index (χ1n) is 23.4. The largest absolute Gasteiger partial charge is 0.456 e. The SMILES string of the molecule is c1ccc(-c2nc(-c3ccc4sc5ccccc5c4c3)nc(-c3cccc4oc5ccc(-c6ccc(-c7ccc8c(c7)-c7ccccc7C87c8ccccc8-c8ccccc87)cc6)cc5c34)n2)cc1. The summed E-state index contributed by atoms with van der Waals surface area (Å²) in [6.07, 6.45) is 0. The highest BCUT2D eigenvalue weighted by Crippen LogP contribution is 2.63. The Labute approximate surface area is 401 Å². The van der Waals surface area contributed by atoms with Gasteiger partial charge in [-0.15, -0.1) is 11.3 Å². The Kier molecular flexibility index (Phi) is 8.12. The van der Waals surface area contributed by atoms with Crippen LogP contribution in [-0.4, -0.2) is 15.0 Å². The third kappa shape index (κ3) is 5.59. The first-order chi connectivity index (χ1) is 34.2. The Hall–Kier alpha value is -8.77. The van der Waals surface area contributed by atoms with Gasteiger partial charge in [0, 0.05) is 47.6 Å². The van der Waals surface area contributed by atoms with Crippen LogP contribution in [-0.2, 0) is 5.41 Å². The molecule has 5 heteroatoms. The molecule has 13 aromatic rings. The Balaban J connectivity index is 0.822. The fraction of sp³-hybridized carbons (Fsp3) is 0.0156. The summed E-state index contributed by atoms with van der Waals surface area (Å²) in [4.78, 5) is 15.5. The maximum Gasteiger partial charge on any atom is 0.164 e. The second kappa shape index (κ2) is 14.6. The standard InChI is InChI=1S/C64H37N3OS/c1-2-13-40(14-3-1)61-65-62(43-31-34-59-50(37-43)47-18-7-11-24-58(47)69-59)67-63(66-61)48-19-12-23-57-60(48)51-36-42(30-33-56(51)68-57)39-27-25-38(26-28-39)41-29-32-55-49(35-41)46-17-6-10-22-54(46)64(55)52-20-8-4-15-44(52)45-16-5-9-21-53(45)64/h1-37H. The van der Waals surface area contributed by atoms with E-state index in [2.05, 4.69) is 194 Å². The molecular formula is C64H37N3OS. The molecule has 15 rings (SSSR count). The van der Waals surface area contributed by atoms with Crippen LogP contribution in [0.15, 0.2) is 229 Å². The van der Waals surface area contributed by atoms with E-state index in [1.54, 1.807) is 11.3 Å².